The Kier molecular flexibility index (Phi) is 5.57. The fourth-order valence-corrected chi connectivity index (χ4v) is 1.71. The molecule has 0 saturated carbocycles. The third kappa shape index (κ3) is 5.52. The molecule has 0 aliphatic carbocycles. The Labute approximate surface area is 124 Å². The maximum atomic E-state index is 10.6. The number of carbonyl (C=O) groups is 1. The van der Waals surface area contributed by atoms with E-state index in [9.17, 15) is 4.79 Å². The molecule has 2 aromatic carbocycles. The number of amides is 1. The van der Waals surface area contributed by atoms with Crippen molar-refractivity contribution in [2.75, 3.05) is 6.61 Å². The van der Waals surface area contributed by atoms with Gasteiger partial charge in [-0.2, -0.15) is 0 Å². The van der Waals surface area contributed by atoms with Gasteiger partial charge in [0, 0.05) is 17.5 Å². The maximum absolute atomic E-state index is 10.6. The molecule has 0 fully saturated rings. The molecule has 0 aliphatic heterocycles. The minimum Gasteiger partial charge on any atom is -0.376 e. The second-order valence-corrected chi connectivity index (χ2v) is 4.58. The second-order valence-electron chi connectivity index (χ2n) is 4.58. The summed E-state index contributed by atoms with van der Waals surface area (Å²) in [6.45, 7) is 0.824. The van der Waals surface area contributed by atoms with Crippen molar-refractivity contribution in [3.8, 4) is 11.8 Å². The highest BCUT2D eigenvalue weighted by atomic mass is 16.5. The summed E-state index contributed by atoms with van der Waals surface area (Å²) < 4.78 is 5.36. The Balaban J connectivity index is 1.88. The van der Waals surface area contributed by atoms with Crippen LogP contribution in [0.15, 0.2) is 54.6 Å². The highest BCUT2D eigenvalue weighted by Crippen LogP contribution is 2.05. The van der Waals surface area contributed by atoms with Crippen LogP contribution in [0.5, 0.6) is 0 Å². The van der Waals surface area contributed by atoms with Crippen molar-refractivity contribution in [1.82, 2.24) is 0 Å². The summed E-state index contributed by atoms with van der Waals surface area (Å²) in [6, 6.07) is 17.7. The lowest BCUT2D eigenvalue weighted by molar-refractivity contribution is -0.119. The first-order valence-corrected chi connectivity index (χ1v) is 6.76. The average Bonchev–Trinajstić information content (AvgIpc) is 2.51. The molecule has 0 bridgehead atoms. The van der Waals surface area contributed by atoms with Crippen LogP contribution in [0.4, 0.5) is 0 Å². The smallest absolute Gasteiger partial charge is 0.219 e. The van der Waals surface area contributed by atoms with Gasteiger partial charge in [-0.1, -0.05) is 42.2 Å². The SMILES string of the molecule is NC(=O)CCOCc1ccc(C#Cc2ccccc2)cc1. The molecule has 2 rings (SSSR count). The van der Waals surface area contributed by atoms with Crippen molar-refractivity contribution in [3.63, 3.8) is 0 Å². The van der Waals surface area contributed by atoms with E-state index in [1.807, 2.05) is 54.6 Å². The summed E-state index contributed by atoms with van der Waals surface area (Å²) in [5, 5.41) is 0. The highest BCUT2D eigenvalue weighted by molar-refractivity contribution is 5.73. The number of rotatable bonds is 5. The van der Waals surface area contributed by atoms with Crippen molar-refractivity contribution >= 4 is 5.91 Å². The largest absolute Gasteiger partial charge is 0.376 e. The lowest BCUT2D eigenvalue weighted by Gasteiger charge is -2.03. The summed E-state index contributed by atoms with van der Waals surface area (Å²) in [5.41, 5.74) is 8.04. The third-order valence-electron chi connectivity index (χ3n) is 2.84. The van der Waals surface area contributed by atoms with Crippen LogP contribution < -0.4 is 5.73 Å². The standard InChI is InChI=1S/C18H17NO2/c19-18(20)12-13-21-14-17-10-8-16(9-11-17)7-6-15-4-2-1-3-5-15/h1-5,8-11H,12-14H2,(H2,19,20). The van der Waals surface area contributed by atoms with E-state index in [2.05, 4.69) is 11.8 Å². The zero-order chi connectivity index (χ0) is 14.9. The number of hydrogen-bond acceptors (Lipinski definition) is 2. The summed E-state index contributed by atoms with van der Waals surface area (Å²) in [7, 11) is 0. The second kappa shape index (κ2) is 7.88. The van der Waals surface area contributed by atoms with Gasteiger partial charge in [0.2, 0.25) is 5.91 Å². The fourth-order valence-electron chi connectivity index (χ4n) is 1.71. The number of ether oxygens (including phenoxy) is 1. The number of nitrogens with two attached hydrogens (primary N) is 1. The van der Waals surface area contributed by atoms with Gasteiger partial charge in [0.15, 0.2) is 0 Å². The molecule has 0 radical (unpaired) electrons. The van der Waals surface area contributed by atoms with Gasteiger partial charge < -0.3 is 10.5 Å². The van der Waals surface area contributed by atoms with Crippen LogP contribution in [-0.4, -0.2) is 12.5 Å². The summed E-state index contributed by atoms with van der Waals surface area (Å²) in [6.07, 6.45) is 0.251. The minimum absolute atomic E-state index is 0.251. The molecule has 0 spiro atoms. The summed E-state index contributed by atoms with van der Waals surface area (Å²) >= 11 is 0. The molecule has 106 valence electrons. The third-order valence-corrected chi connectivity index (χ3v) is 2.84. The van der Waals surface area contributed by atoms with Gasteiger partial charge in [-0.25, -0.2) is 0 Å². The van der Waals surface area contributed by atoms with E-state index < -0.39 is 0 Å². The van der Waals surface area contributed by atoms with Gasteiger partial charge in [0.05, 0.1) is 13.2 Å². The van der Waals surface area contributed by atoms with Crippen LogP contribution in [0.25, 0.3) is 0 Å². The highest BCUT2D eigenvalue weighted by Gasteiger charge is 1.96. The molecule has 0 aliphatic rings. The Hall–Kier alpha value is -2.57. The molecular formula is C18H17NO2. The molecule has 0 heterocycles. The van der Waals surface area contributed by atoms with Crippen LogP contribution in [0.2, 0.25) is 0 Å². The Morgan fingerprint density at radius 2 is 1.57 bits per heavy atom. The van der Waals surface area contributed by atoms with Crippen LogP contribution in [0, 0.1) is 11.8 Å². The average molecular weight is 279 g/mol. The monoisotopic (exact) mass is 279 g/mol. The van der Waals surface area contributed by atoms with Crippen LogP contribution in [0.1, 0.15) is 23.1 Å². The quantitative estimate of drug-likeness (QED) is 0.675. The van der Waals surface area contributed by atoms with E-state index in [1.165, 1.54) is 0 Å². The van der Waals surface area contributed by atoms with Crippen molar-refractivity contribution in [3.05, 3.63) is 71.3 Å². The molecule has 2 N–H and O–H groups in total. The zero-order valence-electron chi connectivity index (χ0n) is 11.7. The van der Waals surface area contributed by atoms with E-state index in [0.717, 1.165) is 16.7 Å². The molecule has 0 aromatic heterocycles. The summed E-state index contributed by atoms with van der Waals surface area (Å²) in [4.78, 5) is 10.6. The molecule has 2 aromatic rings. The molecule has 0 unspecified atom stereocenters. The van der Waals surface area contributed by atoms with Crippen LogP contribution in [0.3, 0.4) is 0 Å². The fraction of sp³-hybridized carbons (Fsp3) is 0.167. The molecule has 0 saturated heterocycles. The van der Waals surface area contributed by atoms with Gasteiger partial charge in [-0.15, -0.1) is 0 Å². The maximum Gasteiger partial charge on any atom is 0.219 e. The molecule has 1 amide bonds. The first-order chi connectivity index (χ1) is 10.2. The zero-order valence-corrected chi connectivity index (χ0v) is 11.7. The van der Waals surface area contributed by atoms with Crippen LogP contribution >= 0.6 is 0 Å². The van der Waals surface area contributed by atoms with Crippen LogP contribution in [-0.2, 0) is 16.1 Å². The van der Waals surface area contributed by atoms with Gasteiger partial charge >= 0.3 is 0 Å². The first kappa shape index (κ1) is 14.8. The predicted octanol–water partition coefficient (Wildman–Crippen LogP) is 2.48. The van der Waals surface area contributed by atoms with Gasteiger partial charge in [-0.05, 0) is 29.8 Å². The van der Waals surface area contributed by atoms with Crippen molar-refractivity contribution in [2.24, 2.45) is 5.73 Å². The van der Waals surface area contributed by atoms with E-state index in [0.29, 0.717) is 13.2 Å². The normalized spacial score (nSPS) is 9.71. The lowest BCUT2D eigenvalue weighted by atomic mass is 10.1. The van der Waals surface area contributed by atoms with Crippen molar-refractivity contribution in [2.45, 2.75) is 13.0 Å². The van der Waals surface area contributed by atoms with E-state index in [4.69, 9.17) is 10.5 Å². The van der Waals surface area contributed by atoms with Gasteiger partial charge in [0.25, 0.3) is 0 Å². The summed E-state index contributed by atoms with van der Waals surface area (Å²) in [5.74, 6) is 5.89. The van der Waals surface area contributed by atoms with Crippen molar-refractivity contribution < 1.29 is 9.53 Å². The Morgan fingerprint density at radius 1 is 0.952 bits per heavy atom. The number of hydrogen-bond donors (Lipinski definition) is 1. The molecule has 3 heteroatoms. The van der Waals surface area contributed by atoms with E-state index in [-0.39, 0.29) is 12.3 Å². The van der Waals surface area contributed by atoms with Gasteiger partial charge in [-0.3, -0.25) is 4.79 Å². The Bertz CT molecular complexity index is 636. The predicted molar refractivity (Wildman–Crippen MR) is 82.3 cm³/mol. The topological polar surface area (TPSA) is 52.3 Å². The Morgan fingerprint density at radius 3 is 2.19 bits per heavy atom. The molecule has 0 atom stereocenters. The lowest BCUT2D eigenvalue weighted by Crippen LogP contribution is -2.13. The molecule has 21 heavy (non-hydrogen) atoms. The number of benzene rings is 2. The van der Waals surface area contributed by atoms with Gasteiger partial charge in [0.1, 0.15) is 0 Å². The van der Waals surface area contributed by atoms with E-state index >= 15 is 0 Å². The minimum atomic E-state index is -0.346. The van der Waals surface area contributed by atoms with Crippen molar-refractivity contribution in [1.29, 1.82) is 0 Å². The molecular weight excluding hydrogens is 262 g/mol. The number of carbonyl (C=O) groups excluding carboxylic acids is 1. The first-order valence-electron chi connectivity index (χ1n) is 6.76. The molecule has 3 nitrogen and oxygen atoms in total. The van der Waals surface area contributed by atoms with E-state index in [1.54, 1.807) is 0 Å². The number of primary amides is 1.